The van der Waals surface area contributed by atoms with Crippen molar-refractivity contribution in [2.24, 2.45) is 0 Å². The summed E-state index contributed by atoms with van der Waals surface area (Å²) in [5, 5.41) is 0. The summed E-state index contributed by atoms with van der Waals surface area (Å²) in [6.45, 7) is 0. The predicted octanol–water partition coefficient (Wildman–Crippen LogP) is 2.32. The Balaban J connectivity index is 2.72. The maximum atomic E-state index is 11.9. The van der Waals surface area contributed by atoms with Gasteiger partial charge in [0.1, 0.15) is 0 Å². The number of hydrogen-bond acceptors (Lipinski definition) is 5. The van der Waals surface area contributed by atoms with E-state index in [0.29, 0.717) is 11.1 Å². The molecule has 20 heavy (non-hydrogen) atoms. The first-order valence-corrected chi connectivity index (χ1v) is 5.90. The standard InChI is InChI=1S/C15H13NO4/c1-19-14(17)11-8-9-16-13(15(18)20-2)12(11)10-6-4-3-5-7-10/h3-9H,1-2H3. The summed E-state index contributed by atoms with van der Waals surface area (Å²) >= 11 is 0. The summed E-state index contributed by atoms with van der Waals surface area (Å²) in [7, 11) is 2.55. The van der Waals surface area contributed by atoms with E-state index in [9.17, 15) is 9.59 Å². The average Bonchev–Trinajstić information content (AvgIpc) is 2.53. The van der Waals surface area contributed by atoms with Crippen LogP contribution < -0.4 is 0 Å². The molecular weight excluding hydrogens is 258 g/mol. The smallest absolute Gasteiger partial charge is 0.357 e. The lowest BCUT2D eigenvalue weighted by Crippen LogP contribution is -2.12. The van der Waals surface area contributed by atoms with E-state index >= 15 is 0 Å². The molecule has 102 valence electrons. The maximum absolute atomic E-state index is 11.9. The first-order chi connectivity index (χ1) is 9.69. The molecule has 0 aliphatic rings. The summed E-state index contributed by atoms with van der Waals surface area (Å²) < 4.78 is 9.46. The summed E-state index contributed by atoms with van der Waals surface area (Å²) in [5.41, 5.74) is 1.46. The summed E-state index contributed by atoms with van der Waals surface area (Å²) in [6, 6.07) is 10.6. The summed E-state index contributed by atoms with van der Waals surface area (Å²) in [6.07, 6.45) is 1.38. The number of carbonyl (C=O) groups is 2. The highest BCUT2D eigenvalue weighted by Crippen LogP contribution is 2.27. The van der Waals surface area contributed by atoms with Crippen LogP contribution in [0.5, 0.6) is 0 Å². The molecule has 0 amide bonds. The molecule has 0 bridgehead atoms. The fourth-order valence-electron chi connectivity index (χ4n) is 1.89. The Bertz CT molecular complexity index is 603. The number of pyridine rings is 1. The van der Waals surface area contributed by atoms with Crippen molar-refractivity contribution in [3.63, 3.8) is 0 Å². The monoisotopic (exact) mass is 271 g/mol. The van der Waals surface area contributed by atoms with E-state index in [1.807, 2.05) is 18.2 Å². The topological polar surface area (TPSA) is 65.5 Å². The molecular formula is C15H13NO4. The van der Waals surface area contributed by atoms with Crippen LogP contribution in [0.4, 0.5) is 0 Å². The van der Waals surface area contributed by atoms with Gasteiger partial charge in [0.25, 0.3) is 0 Å². The lowest BCUT2D eigenvalue weighted by molar-refractivity contribution is 0.0594. The van der Waals surface area contributed by atoms with Crippen molar-refractivity contribution in [1.82, 2.24) is 4.98 Å². The first-order valence-electron chi connectivity index (χ1n) is 5.90. The van der Waals surface area contributed by atoms with Crippen LogP contribution in [0.3, 0.4) is 0 Å². The Kier molecular flexibility index (Phi) is 4.10. The van der Waals surface area contributed by atoms with Crippen LogP contribution in [0, 0.1) is 0 Å². The predicted molar refractivity (Wildman–Crippen MR) is 72.4 cm³/mol. The number of hydrogen-bond donors (Lipinski definition) is 0. The molecule has 0 spiro atoms. The van der Waals surface area contributed by atoms with Gasteiger partial charge in [-0.3, -0.25) is 0 Å². The van der Waals surface area contributed by atoms with E-state index in [0.717, 1.165) is 0 Å². The first kappa shape index (κ1) is 13.7. The van der Waals surface area contributed by atoms with Crippen molar-refractivity contribution in [3.05, 3.63) is 53.9 Å². The van der Waals surface area contributed by atoms with Crippen LogP contribution in [-0.4, -0.2) is 31.1 Å². The number of esters is 2. The third-order valence-corrected chi connectivity index (χ3v) is 2.80. The average molecular weight is 271 g/mol. The SMILES string of the molecule is COC(=O)c1ccnc(C(=O)OC)c1-c1ccccc1. The van der Waals surface area contributed by atoms with E-state index in [1.54, 1.807) is 12.1 Å². The van der Waals surface area contributed by atoms with Crippen LogP contribution in [0.2, 0.25) is 0 Å². The van der Waals surface area contributed by atoms with Gasteiger partial charge in [-0.05, 0) is 11.6 Å². The molecule has 0 aliphatic heterocycles. The van der Waals surface area contributed by atoms with E-state index in [4.69, 9.17) is 9.47 Å². The third kappa shape index (κ3) is 2.51. The van der Waals surface area contributed by atoms with Crippen LogP contribution in [0.15, 0.2) is 42.6 Å². The highest BCUT2D eigenvalue weighted by molar-refractivity contribution is 6.04. The molecule has 1 aromatic carbocycles. The van der Waals surface area contributed by atoms with Crippen molar-refractivity contribution in [2.45, 2.75) is 0 Å². The second kappa shape index (κ2) is 5.97. The molecule has 1 aromatic heterocycles. The minimum Gasteiger partial charge on any atom is -0.465 e. The van der Waals surface area contributed by atoms with Crippen LogP contribution in [0.1, 0.15) is 20.8 Å². The van der Waals surface area contributed by atoms with E-state index in [2.05, 4.69) is 4.98 Å². The Morgan fingerprint density at radius 1 is 0.950 bits per heavy atom. The van der Waals surface area contributed by atoms with Crippen molar-refractivity contribution in [3.8, 4) is 11.1 Å². The van der Waals surface area contributed by atoms with E-state index in [-0.39, 0.29) is 11.3 Å². The molecule has 5 heteroatoms. The number of carbonyl (C=O) groups excluding carboxylic acids is 2. The molecule has 2 aromatic rings. The van der Waals surface area contributed by atoms with Crippen molar-refractivity contribution >= 4 is 11.9 Å². The quantitative estimate of drug-likeness (QED) is 0.801. The zero-order chi connectivity index (χ0) is 14.5. The van der Waals surface area contributed by atoms with E-state index < -0.39 is 11.9 Å². The molecule has 0 unspecified atom stereocenters. The fraction of sp³-hybridized carbons (Fsp3) is 0.133. The third-order valence-electron chi connectivity index (χ3n) is 2.80. The molecule has 0 saturated heterocycles. The largest absolute Gasteiger partial charge is 0.465 e. The zero-order valence-corrected chi connectivity index (χ0v) is 11.1. The number of benzene rings is 1. The summed E-state index contributed by atoms with van der Waals surface area (Å²) in [5.74, 6) is -1.13. The number of aromatic nitrogens is 1. The van der Waals surface area contributed by atoms with Gasteiger partial charge in [0.2, 0.25) is 0 Å². The molecule has 0 fully saturated rings. The fourth-order valence-corrected chi connectivity index (χ4v) is 1.89. The van der Waals surface area contributed by atoms with Gasteiger partial charge in [-0.2, -0.15) is 0 Å². The summed E-state index contributed by atoms with van der Waals surface area (Å²) in [4.78, 5) is 27.7. The molecule has 0 aliphatic carbocycles. The van der Waals surface area contributed by atoms with Crippen molar-refractivity contribution in [2.75, 3.05) is 14.2 Å². The van der Waals surface area contributed by atoms with Crippen LogP contribution in [0.25, 0.3) is 11.1 Å². The molecule has 2 rings (SSSR count). The van der Waals surface area contributed by atoms with Gasteiger partial charge >= 0.3 is 11.9 Å². The number of nitrogens with zero attached hydrogens (tertiary/aromatic N) is 1. The Morgan fingerprint density at radius 2 is 1.60 bits per heavy atom. The Labute approximate surface area is 116 Å². The van der Waals surface area contributed by atoms with Gasteiger partial charge in [-0.1, -0.05) is 30.3 Å². The minimum absolute atomic E-state index is 0.0848. The van der Waals surface area contributed by atoms with E-state index in [1.165, 1.54) is 26.5 Å². The Hall–Kier alpha value is -2.69. The number of rotatable bonds is 3. The van der Waals surface area contributed by atoms with Gasteiger partial charge in [-0.15, -0.1) is 0 Å². The van der Waals surface area contributed by atoms with Gasteiger partial charge in [0, 0.05) is 11.8 Å². The second-order valence-electron chi connectivity index (χ2n) is 3.93. The number of methoxy groups -OCH3 is 2. The minimum atomic E-state index is -0.602. The van der Waals surface area contributed by atoms with Gasteiger partial charge < -0.3 is 9.47 Å². The van der Waals surface area contributed by atoms with Crippen LogP contribution >= 0.6 is 0 Å². The highest BCUT2D eigenvalue weighted by Gasteiger charge is 2.22. The lowest BCUT2D eigenvalue weighted by atomic mass is 9.98. The molecule has 1 heterocycles. The van der Waals surface area contributed by atoms with Crippen molar-refractivity contribution in [1.29, 1.82) is 0 Å². The van der Waals surface area contributed by atoms with Gasteiger partial charge in [0.15, 0.2) is 5.69 Å². The highest BCUT2D eigenvalue weighted by atomic mass is 16.5. The normalized spacial score (nSPS) is 9.90. The molecule has 0 N–H and O–H groups in total. The molecule has 0 atom stereocenters. The van der Waals surface area contributed by atoms with Crippen molar-refractivity contribution < 1.29 is 19.1 Å². The molecule has 5 nitrogen and oxygen atoms in total. The zero-order valence-electron chi connectivity index (χ0n) is 11.1. The lowest BCUT2D eigenvalue weighted by Gasteiger charge is -2.11. The van der Waals surface area contributed by atoms with Crippen LogP contribution in [-0.2, 0) is 9.47 Å². The van der Waals surface area contributed by atoms with Gasteiger partial charge in [-0.25, -0.2) is 14.6 Å². The Morgan fingerprint density at radius 3 is 2.20 bits per heavy atom. The second-order valence-corrected chi connectivity index (χ2v) is 3.93. The molecule has 0 saturated carbocycles. The maximum Gasteiger partial charge on any atom is 0.357 e. The molecule has 0 radical (unpaired) electrons. The number of ether oxygens (including phenoxy) is 2. The van der Waals surface area contributed by atoms with Gasteiger partial charge in [0.05, 0.1) is 19.8 Å².